The zero-order valence-corrected chi connectivity index (χ0v) is 24.6. The highest BCUT2D eigenvalue weighted by atomic mass is 16.5. The largest absolute Gasteiger partial charge is 0.493 e. The molecule has 5 rings (SSSR count). The van der Waals surface area contributed by atoms with Gasteiger partial charge in [0.1, 0.15) is 18.3 Å². The third-order valence-electron chi connectivity index (χ3n) is 7.21. The first kappa shape index (κ1) is 30.1. The van der Waals surface area contributed by atoms with Crippen LogP contribution in [-0.2, 0) is 22.7 Å². The number of nitrogens with two attached hydrogens (primary N) is 1. The Morgan fingerprint density at radius 3 is 2.20 bits per heavy atom. The van der Waals surface area contributed by atoms with E-state index in [1.54, 1.807) is 60.7 Å². The van der Waals surface area contributed by atoms with Gasteiger partial charge in [0.05, 0.1) is 50.1 Å². The highest BCUT2D eigenvalue weighted by Crippen LogP contribution is 2.41. The molecule has 3 N–H and O–H groups in total. The summed E-state index contributed by atoms with van der Waals surface area (Å²) >= 11 is 0. The molecule has 1 atom stereocenters. The van der Waals surface area contributed by atoms with E-state index in [1.807, 2.05) is 5.94 Å². The van der Waals surface area contributed by atoms with Gasteiger partial charge < -0.3 is 34.5 Å². The maximum atomic E-state index is 14.3. The van der Waals surface area contributed by atoms with Crippen molar-refractivity contribution >= 4 is 28.8 Å². The van der Waals surface area contributed by atoms with Crippen LogP contribution in [0, 0.1) is 0 Å². The van der Waals surface area contributed by atoms with E-state index in [1.165, 1.54) is 39.4 Å². The van der Waals surface area contributed by atoms with Crippen LogP contribution in [0.3, 0.4) is 0 Å². The molecule has 1 aromatic heterocycles. The molecule has 226 valence electrons. The first-order chi connectivity index (χ1) is 21.4. The Morgan fingerprint density at radius 2 is 1.61 bits per heavy atom. The van der Waals surface area contributed by atoms with Crippen LogP contribution in [0.5, 0.6) is 23.0 Å². The molecular formula is C33H31N3O8. The summed E-state index contributed by atoms with van der Waals surface area (Å²) < 4.78 is 28.7. The molecule has 0 fully saturated rings. The molecule has 0 bridgehead atoms. The van der Waals surface area contributed by atoms with Gasteiger partial charge in [0.15, 0.2) is 17.7 Å². The molecule has 11 heteroatoms. The van der Waals surface area contributed by atoms with Crippen molar-refractivity contribution in [2.75, 3.05) is 39.1 Å². The molecule has 0 saturated carbocycles. The third kappa shape index (κ3) is 5.55. The number of carbonyl (C=O) groups is 1. The Balaban J connectivity index is 1.78. The summed E-state index contributed by atoms with van der Waals surface area (Å²) in [5.41, 5.74) is 9.25. The number of aromatic nitrogens is 1. The molecule has 1 unspecified atom stereocenters. The minimum atomic E-state index is -0.981. The van der Waals surface area contributed by atoms with Crippen molar-refractivity contribution in [3.8, 4) is 23.0 Å². The second-order valence-electron chi connectivity index (χ2n) is 9.74. The summed E-state index contributed by atoms with van der Waals surface area (Å²) in [4.78, 5) is 32.6. The van der Waals surface area contributed by atoms with Crippen LogP contribution in [0.25, 0.3) is 5.57 Å². The topological polar surface area (TPSA) is 143 Å². The van der Waals surface area contributed by atoms with E-state index >= 15 is 0 Å². The number of aliphatic hydroxyl groups is 1. The number of methoxy groups -OCH3 is 4. The van der Waals surface area contributed by atoms with Gasteiger partial charge in [-0.25, -0.2) is 4.79 Å². The average molecular weight is 598 g/mol. The summed E-state index contributed by atoms with van der Waals surface area (Å²) in [5.74, 6) is 2.93. The second kappa shape index (κ2) is 12.9. The molecule has 0 aliphatic carbocycles. The van der Waals surface area contributed by atoms with Gasteiger partial charge in [0, 0.05) is 29.3 Å². The number of nitrogen functional groups attached to an aromatic ring is 1. The van der Waals surface area contributed by atoms with Crippen LogP contribution >= 0.6 is 0 Å². The van der Waals surface area contributed by atoms with E-state index in [-0.39, 0.29) is 29.7 Å². The quantitative estimate of drug-likeness (QED) is 0.261. The standard InChI is InChI=1S/C33H31N3O8/c1-40-27-13-19(14-28(41-2)31(27)42-3)30-29-20(16-37)12-25(44-18-23-7-5-6-22(17-38)35-23)15-26(29)32(39)36(33(30)43-4)24-10-8-21(34)9-11-24/h5-15,33,38H,17-18,34H2,1-4H3. The summed E-state index contributed by atoms with van der Waals surface area (Å²) in [6, 6.07) is 18.5. The maximum absolute atomic E-state index is 14.3. The lowest BCUT2D eigenvalue weighted by Gasteiger charge is -2.36. The maximum Gasteiger partial charge on any atom is 0.261 e. The number of pyridine rings is 1. The van der Waals surface area contributed by atoms with Crippen LogP contribution in [0.4, 0.5) is 11.4 Å². The van der Waals surface area contributed by atoms with Crippen molar-refractivity contribution in [1.82, 2.24) is 4.98 Å². The Morgan fingerprint density at radius 1 is 0.932 bits per heavy atom. The van der Waals surface area contributed by atoms with Crippen molar-refractivity contribution < 1.29 is 38.4 Å². The molecule has 0 spiro atoms. The minimum Gasteiger partial charge on any atom is -0.493 e. The zero-order chi connectivity index (χ0) is 31.4. The van der Waals surface area contributed by atoms with E-state index in [0.717, 1.165) is 0 Å². The number of carbonyl (C=O) groups excluding carboxylic acids is 2. The van der Waals surface area contributed by atoms with Gasteiger partial charge in [-0.3, -0.25) is 14.7 Å². The lowest BCUT2D eigenvalue weighted by atomic mass is 9.91. The predicted octanol–water partition coefficient (Wildman–Crippen LogP) is 2.10. The highest BCUT2D eigenvalue weighted by Gasteiger charge is 2.37. The van der Waals surface area contributed by atoms with E-state index in [2.05, 4.69) is 4.98 Å². The normalized spacial score (nSPS) is 14.1. The molecule has 2 heterocycles. The molecule has 1 aliphatic heterocycles. The van der Waals surface area contributed by atoms with Crippen molar-refractivity contribution in [2.45, 2.75) is 19.4 Å². The number of ether oxygens (including phenoxy) is 5. The van der Waals surface area contributed by atoms with E-state index < -0.39 is 12.1 Å². The monoisotopic (exact) mass is 597 g/mol. The van der Waals surface area contributed by atoms with Gasteiger partial charge in [0.25, 0.3) is 5.91 Å². The number of aliphatic hydroxyl groups excluding tert-OH is 1. The summed E-state index contributed by atoms with van der Waals surface area (Å²) in [6.45, 7) is -0.183. The van der Waals surface area contributed by atoms with Gasteiger partial charge >= 0.3 is 0 Å². The fourth-order valence-corrected chi connectivity index (χ4v) is 5.22. The SMILES string of the molecule is COc1cc(C2=c3c(cc(OCc4cccc(CO)n4)cc3=C=O)C(=O)N(c3ccc(N)cc3)C2OC)cc(OC)c1OC. The summed E-state index contributed by atoms with van der Waals surface area (Å²) in [7, 11) is 5.97. The number of hydrogen-bond donors (Lipinski definition) is 2. The lowest BCUT2D eigenvalue weighted by molar-refractivity contribution is 0.0859. The van der Waals surface area contributed by atoms with Gasteiger partial charge in [-0.1, -0.05) is 6.07 Å². The number of amides is 1. The first-order valence-electron chi connectivity index (χ1n) is 13.5. The fourth-order valence-electron chi connectivity index (χ4n) is 5.22. The third-order valence-corrected chi connectivity index (χ3v) is 7.21. The van der Waals surface area contributed by atoms with Gasteiger partial charge in [0.2, 0.25) is 5.75 Å². The molecule has 0 radical (unpaired) electrons. The fraction of sp³-hybridized carbons (Fsp3) is 0.212. The number of anilines is 2. The molecule has 4 aromatic rings. The predicted molar refractivity (Wildman–Crippen MR) is 162 cm³/mol. The molecule has 0 saturated heterocycles. The van der Waals surface area contributed by atoms with Crippen molar-refractivity contribution in [3.05, 3.63) is 99.7 Å². The Bertz CT molecular complexity index is 1830. The van der Waals surface area contributed by atoms with Crippen LogP contribution in [-0.4, -0.2) is 56.6 Å². The Hall–Kier alpha value is -5.35. The Labute approximate surface area is 253 Å². The number of fused-ring (bicyclic) bond motifs is 1. The van der Waals surface area contributed by atoms with Crippen molar-refractivity contribution in [1.29, 1.82) is 0 Å². The molecule has 44 heavy (non-hydrogen) atoms. The van der Waals surface area contributed by atoms with Crippen LogP contribution in [0.1, 0.15) is 27.3 Å². The van der Waals surface area contributed by atoms with E-state index in [4.69, 9.17) is 29.4 Å². The number of benzene rings is 3. The van der Waals surface area contributed by atoms with Crippen LogP contribution < -0.4 is 40.0 Å². The number of hydrogen-bond acceptors (Lipinski definition) is 10. The average Bonchev–Trinajstić information content (AvgIpc) is 3.06. The highest BCUT2D eigenvalue weighted by molar-refractivity contribution is 6.11. The van der Waals surface area contributed by atoms with Crippen LogP contribution in [0.2, 0.25) is 0 Å². The molecular weight excluding hydrogens is 566 g/mol. The van der Waals surface area contributed by atoms with Crippen molar-refractivity contribution in [2.24, 2.45) is 0 Å². The molecule has 1 aliphatic rings. The number of rotatable bonds is 10. The molecule has 11 nitrogen and oxygen atoms in total. The number of nitrogens with zero attached hydrogens (tertiary/aromatic N) is 2. The van der Waals surface area contributed by atoms with Gasteiger partial charge in [-0.15, -0.1) is 0 Å². The molecule has 3 aromatic carbocycles. The van der Waals surface area contributed by atoms with Crippen LogP contribution in [0.15, 0.2) is 66.7 Å². The Kier molecular flexibility index (Phi) is 8.82. The zero-order valence-electron chi connectivity index (χ0n) is 24.6. The van der Waals surface area contributed by atoms with E-state index in [9.17, 15) is 14.7 Å². The second-order valence-corrected chi connectivity index (χ2v) is 9.74. The van der Waals surface area contributed by atoms with Gasteiger partial charge in [-0.05, 0) is 66.2 Å². The molecule has 1 amide bonds. The van der Waals surface area contributed by atoms with E-state index in [0.29, 0.717) is 56.4 Å². The first-order valence-corrected chi connectivity index (χ1v) is 13.5. The summed E-state index contributed by atoms with van der Waals surface area (Å²) in [5, 5.41) is 9.85. The van der Waals surface area contributed by atoms with Crippen molar-refractivity contribution in [3.63, 3.8) is 0 Å². The lowest BCUT2D eigenvalue weighted by Crippen LogP contribution is -2.53. The minimum absolute atomic E-state index is 0.0327. The van der Waals surface area contributed by atoms with Gasteiger partial charge in [-0.2, -0.15) is 0 Å². The smallest absolute Gasteiger partial charge is 0.261 e. The summed E-state index contributed by atoms with van der Waals surface area (Å²) in [6.07, 6.45) is -0.981.